The molecule has 1 radical (unpaired) electrons. The first-order chi connectivity index (χ1) is 9.53. The van der Waals surface area contributed by atoms with Crippen LogP contribution in [0, 0.1) is 5.41 Å². The number of ether oxygens (including phenoxy) is 2. The molecule has 1 aliphatic heterocycles. The van der Waals surface area contributed by atoms with Crippen LogP contribution in [-0.2, 0) is 24.3 Å². The molecular weight excluding hydrogens is 274 g/mol. The number of morpholine rings is 1. The Kier molecular flexibility index (Phi) is 5.05. The van der Waals surface area contributed by atoms with Crippen molar-refractivity contribution in [1.82, 2.24) is 5.06 Å². The van der Waals surface area contributed by atoms with Gasteiger partial charge < -0.3 is 9.47 Å². The number of esters is 2. The number of carbonyl (C=O) groups is 2. The number of rotatable bonds is 4. The van der Waals surface area contributed by atoms with E-state index in [4.69, 9.17) is 9.47 Å². The predicted molar refractivity (Wildman–Crippen MR) is 75.6 cm³/mol. The molecule has 0 N–H and O–H groups in total. The summed E-state index contributed by atoms with van der Waals surface area (Å²) in [5, 5.41) is 13.5. The summed E-state index contributed by atoms with van der Waals surface area (Å²) in [4.78, 5) is 23.9. The third-order valence-corrected chi connectivity index (χ3v) is 4.07. The second-order valence-corrected chi connectivity index (χ2v) is 6.93. The van der Waals surface area contributed by atoms with Gasteiger partial charge in [-0.1, -0.05) is 13.8 Å². The minimum Gasteiger partial charge on any atom is -0.463 e. The van der Waals surface area contributed by atoms with Crippen molar-refractivity contribution in [3.63, 3.8) is 0 Å². The molecule has 0 aromatic heterocycles. The van der Waals surface area contributed by atoms with E-state index >= 15 is 0 Å². The third-order valence-electron chi connectivity index (χ3n) is 4.07. The summed E-state index contributed by atoms with van der Waals surface area (Å²) in [5.41, 5.74) is -2.88. The minimum atomic E-state index is -1.19. The lowest BCUT2D eigenvalue weighted by atomic mass is 9.85. The van der Waals surface area contributed by atoms with E-state index in [0.717, 1.165) is 5.06 Å². The molecule has 0 spiro atoms. The zero-order chi connectivity index (χ0) is 16.5. The summed E-state index contributed by atoms with van der Waals surface area (Å²) in [6.07, 6.45) is 0.712. The van der Waals surface area contributed by atoms with Gasteiger partial charge in [0.15, 0.2) is 0 Å². The van der Waals surface area contributed by atoms with Crippen molar-refractivity contribution in [2.75, 3.05) is 13.2 Å². The Labute approximate surface area is 126 Å². The number of hydrogen-bond donors (Lipinski definition) is 0. The molecule has 0 aromatic carbocycles. The summed E-state index contributed by atoms with van der Waals surface area (Å²) < 4.78 is 10.5. The van der Waals surface area contributed by atoms with Gasteiger partial charge in [-0.15, -0.1) is 10.3 Å². The Morgan fingerprint density at radius 1 is 1.33 bits per heavy atom. The average molecular weight is 300 g/mol. The first-order valence-corrected chi connectivity index (χ1v) is 7.35. The number of hydroxylamine groups is 2. The zero-order valence-electron chi connectivity index (χ0n) is 13.8. The maximum Gasteiger partial charge on any atom is 0.329 e. The van der Waals surface area contributed by atoms with Crippen molar-refractivity contribution in [3.05, 3.63) is 0 Å². The van der Waals surface area contributed by atoms with Gasteiger partial charge in [0, 0.05) is 0 Å². The lowest BCUT2D eigenvalue weighted by Gasteiger charge is -2.48. The topological polar surface area (TPSA) is 75.7 Å². The minimum absolute atomic E-state index is 0.0749. The van der Waals surface area contributed by atoms with Crippen LogP contribution in [0.25, 0.3) is 0 Å². The number of cyclic esters (lactones) is 1. The van der Waals surface area contributed by atoms with Gasteiger partial charge in [0.05, 0.1) is 5.41 Å². The summed E-state index contributed by atoms with van der Waals surface area (Å²) in [6.45, 7) is 10.3. The van der Waals surface area contributed by atoms with Crippen LogP contribution in [0.5, 0.6) is 0 Å². The second-order valence-electron chi connectivity index (χ2n) is 6.93. The van der Waals surface area contributed by atoms with Crippen LogP contribution in [0.15, 0.2) is 0 Å². The van der Waals surface area contributed by atoms with Gasteiger partial charge in [-0.25, -0.2) is 4.79 Å². The van der Waals surface area contributed by atoms with Crippen LogP contribution < -0.4 is 0 Å². The van der Waals surface area contributed by atoms with E-state index in [9.17, 15) is 14.8 Å². The molecule has 1 saturated heterocycles. The first kappa shape index (κ1) is 17.9. The molecule has 0 aromatic rings. The molecule has 0 aliphatic carbocycles. The van der Waals surface area contributed by atoms with E-state index in [1.165, 1.54) is 0 Å². The second kappa shape index (κ2) is 5.93. The van der Waals surface area contributed by atoms with Gasteiger partial charge in [0.2, 0.25) is 0 Å². The molecule has 6 nitrogen and oxygen atoms in total. The number of nitrogens with zero attached hydrogens (tertiary/aromatic N) is 1. The van der Waals surface area contributed by atoms with Crippen molar-refractivity contribution in [3.8, 4) is 0 Å². The molecule has 1 heterocycles. The van der Waals surface area contributed by atoms with Crippen molar-refractivity contribution in [1.29, 1.82) is 0 Å². The Bertz CT molecular complexity index is 411. The van der Waals surface area contributed by atoms with Crippen LogP contribution in [0.2, 0.25) is 0 Å². The quantitative estimate of drug-likeness (QED) is 0.743. The fraction of sp³-hybridized carbons (Fsp3) is 0.867. The van der Waals surface area contributed by atoms with Gasteiger partial charge >= 0.3 is 11.9 Å². The first-order valence-electron chi connectivity index (χ1n) is 7.35. The Morgan fingerprint density at radius 3 is 2.29 bits per heavy atom. The molecular formula is C15H26NO5. The number of carbonyl (C=O) groups excluding carboxylic acids is 2. The fourth-order valence-corrected chi connectivity index (χ4v) is 2.38. The van der Waals surface area contributed by atoms with Crippen molar-refractivity contribution >= 4 is 11.9 Å². The molecule has 1 unspecified atom stereocenters. The van der Waals surface area contributed by atoms with Gasteiger partial charge in [-0.05, 0) is 40.5 Å². The predicted octanol–water partition coefficient (Wildman–Crippen LogP) is 2.10. The van der Waals surface area contributed by atoms with Gasteiger partial charge in [-0.3, -0.25) is 4.79 Å². The molecule has 1 atom stereocenters. The summed E-state index contributed by atoms with van der Waals surface area (Å²) in [6, 6.07) is 0. The molecule has 1 fully saturated rings. The largest absolute Gasteiger partial charge is 0.463 e. The van der Waals surface area contributed by atoms with E-state index in [1.807, 2.05) is 0 Å². The SMILES string of the molecule is CCC1(CC)C(=O)OCC(C)(COC(=O)C(C)(C)C)N1[O]. The lowest BCUT2D eigenvalue weighted by Crippen LogP contribution is -2.68. The number of hydrogen-bond acceptors (Lipinski definition) is 5. The van der Waals surface area contributed by atoms with Crippen molar-refractivity contribution < 1.29 is 24.3 Å². The Morgan fingerprint density at radius 2 is 1.86 bits per heavy atom. The van der Waals surface area contributed by atoms with Crippen LogP contribution in [-0.4, -0.2) is 41.3 Å². The molecule has 21 heavy (non-hydrogen) atoms. The third kappa shape index (κ3) is 3.21. The van der Waals surface area contributed by atoms with Crippen LogP contribution in [0.1, 0.15) is 54.4 Å². The molecule has 6 heteroatoms. The molecule has 0 bridgehead atoms. The van der Waals surface area contributed by atoms with E-state index in [2.05, 4.69) is 0 Å². The van der Waals surface area contributed by atoms with E-state index < -0.39 is 22.5 Å². The van der Waals surface area contributed by atoms with E-state index in [0.29, 0.717) is 12.8 Å². The molecule has 1 rings (SSSR count). The normalized spacial score (nSPS) is 26.3. The smallest absolute Gasteiger partial charge is 0.329 e. The zero-order valence-corrected chi connectivity index (χ0v) is 13.8. The molecule has 1 aliphatic rings. The highest BCUT2D eigenvalue weighted by atomic mass is 16.6. The van der Waals surface area contributed by atoms with Gasteiger partial charge in [0.25, 0.3) is 0 Å². The summed E-state index contributed by atoms with van der Waals surface area (Å²) in [5.74, 6) is -0.880. The highest BCUT2D eigenvalue weighted by Gasteiger charge is 2.56. The molecule has 0 amide bonds. The molecule has 0 saturated carbocycles. The van der Waals surface area contributed by atoms with E-state index in [1.54, 1.807) is 41.5 Å². The van der Waals surface area contributed by atoms with Crippen LogP contribution in [0.4, 0.5) is 0 Å². The Balaban J connectivity index is 2.91. The maximum atomic E-state index is 12.7. The monoisotopic (exact) mass is 300 g/mol. The van der Waals surface area contributed by atoms with Gasteiger partial charge in [-0.2, -0.15) is 0 Å². The summed E-state index contributed by atoms with van der Waals surface area (Å²) >= 11 is 0. The highest BCUT2D eigenvalue weighted by Crippen LogP contribution is 2.36. The Hall–Kier alpha value is -1.14. The van der Waals surface area contributed by atoms with Crippen LogP contribution in [0.3, 0.4) is 0 Å². The van der Waals surface area contributed by atoms with Gasteiger partial charge in [0.1, 0.15) is 24.3 Å². The summed E-state index contributed by atoms with van der Waals surface area (Å²) in [7, 11) is 0. The highest BCUT2D eigenvalue weighted by molar-refractivity contribution is 5.81. The lowest BCUT2D eigenvalue weighted by molar-refractivity contribution is -0.317. The molecule has 121 valence electrons. The average Bonchev–Trinajstić information content (AvgIpc) is 2.42. The van der Waals surface area contributed by atoms with Crippen molar-refractivity contribution in [2.24, 2.45) is 5.41 Å². The van der Waals surface area contributed by atoms with Crippen LogP contribution >= 0.6 is 0 Å². The fourth-order valence-electron chi connectivity index (χ4n) is 2.38. The van der Waals surface area contributed by atoms with E-state index in [-0.39, 0.29) is 19.2 Å². The maximum absolute atomic E-state index is 12.7. The standard InChI is InChI=1S/C15H26NO5/c1-7-15(8-2)12(18)21-10-14(6,16(15)19)9-20-11(17)13(3,4)5/h7-10H2,1-6H3. The van der Waals surface area contributed by atoms with Crippen molar-refractivity contribution in [2.45, 2.75) is 65.5 Å².